The molecule has 0 radical (unpaired) electrons. The highest BCUT2D eigenvalue weighted by Gasteiger charge is 2.06. The fraction of sp³-hybridized carbons (Fsp3) is 0.176. The average Bonchev–Trinajstić information content (AvgIpc) is 2.54. The molecule has 0 atom stereocenters. The molecule has 0 unspecified atom stereocenters. The average molecular weight is 295 g/mol. The zero-order valence-electron chi connectivity index (χ0n) is 12.3. The molecule has 0 bridgehead atoms. The minimum absolute atomic E-state index is 0.145. The van der Waals surface area contributed by atoms with Gasteiger partial charge in [0.1, 0.15) is 0 Å². The molecule has 112 valence electrons. The van der Waals surface area contributed by atoms with E-state index in [-0.39, 0.29) is 5.91 Å². The predicted molar refractivity (Wildman–Crippen MR) is 85.2 cm³/mol. The molecule has 0 fully saturated rings. The second kappa shape index (κ2) is 7.25. The number of nitrogens with zero attached hydrogens (tertiary/aromatic N) is 1. The fourth-order valence-electron chi connectivity index (χ4n) is 2.07. The fourth-order valence-corrected chi connectivity index (χ4v) is 2.07. The minimum Gasteiger partial charge on any atom is -0.399 e. The molecule has 5 heteroatoms. The van der Waals surface area contributed by atoms with Crippen molar-refractivity contribution in [3.63, 3.8) is 0 Å². The van der Waals surface area contributed by atoms with Gasteiger partial charge in [-0.2, -0.15) is 5.26 Å². The van der Waals surface area contributed by atoms with Crippen LogP contribution in [0.2, 0.25) is 0 Å². The molecule has 3 N–H and O–H groups in total. The lowest BCUT2D eigenvalue weighted by Gasteiger charge is -2.07. The first-order valence-electron chi connectivity index (χ1n) is 6.82. The van der Waals surface area contributed by atoms with Gasteiger partial charge in [0.05, 0.1) is 18.2 Å². The standard InChI is InChI=1S/C17H17N3O2/c1-22-7-6-20-17(21)14-4-2-13(3-5-14)15-8-12(11-18)9-16(19)10-15/h2-5,8-10H,6-7,19H2,1H3,(H,20,21). The van der Waals surface area contributed by atoms with Crippen LogP contribution in [0.4, 0.5) is 5.69 Å². The Morgan fingerprint density at radius 1 is 1.23 bits per heavy atom. The van der Waals surface area contributed by atoms with Crippen molar-refractivity contribution >= 4 is 11.6 Å². The number of nitrogens with one attached hydrogen (secondary N) is 1. The van der Waals surface area contributed by atoms with Crippen molar-refractivity contribution in [1.29, 1.82) is 5.26 Å². The summed E-state index contributed by atoms with van der Waals surface area (Å²) in [7, 11) is 1.59. The molecule has 0 aliphatic heterocycles. The van der Waals surface area contributed by atoms with E-state index in [1.165, 1.54) is 0 Å². The third kappa shape index (κ3) is 3.84. The number of carbonyl (C=O) groups excluding carboxylic acids is 1. The van der Waals surface area contributed by atoms with E-state index in [1.807, 2.05) is 12.1 Å². The third-order valence-electron chi connectivity index (χ3n) is 3.16. The Bertz CT molecular complexity index is 703. The monoisotopic (exact) mass is 295 g/mol. The summed E-state index contributed by atoms with van der Waals surface area (Å²) >= 11 is 0. The Labute approximate surface area is 129 Å². The number of nitrogens with two attached hydrogens (primary N) is 1. The second-order valence-corrected chi connectivity index (χ2v) is 4.78. The van der Waals surface area contributed by atoms with Crippen LogP contribution in [0.25, 0.3) is 11.1 Å². The van der Waals surface area contributed by atoms with Gasteiger partial charge in [-0.15, -0.1) is 0 Å². The van der Waals surface area contributed by atoms with Gasteiger partial charge in [-0.25, -0.2) is 0 Å². The lowest BCUT2D eigenvalue weighted by Crippen LogP contribution is -2.26. The summed E-state index contributed by atoms with van der Waals surface area (Å²) in [6.45, 7) is 0.946. The second-order valence-electron chi connectivity index (χ2n) is 4.78. The summed E-state index contributed by atoms with van der Waals surface area (Å²) in [5.41, 5.74) is 9.16. The van der Waals surface area contributed by atoms with Gasteiger partial charge in [0.15, 0.2) is 0 Å². The zero-order chi connectivity index (χ0) is 15.9. The number of hydrogen-bond acceptors (Lipinski definition) is 4. The highest BCUT2D eigenvalue weighted by molar-refractivity contribution is 5.94. The summed E-state index contributed by atoms with van der Waals surface area (Å²) in [6.07, 6.45) is 0. The van der Waals surface area contributed by atoms with Gasteiger partial charge < -0.3 is 15.8 Å². The number of ether oxygens (including phenoxy) is 1. The number of benzene rings is 2. The molecule has 0 saturated carbocycles. The number of methoxy groups -OCH3 is 1. The first-order valence-corrected chi connectivity index (χ1v) is 6.82. The van der Waals surface area contributed by atoms with Crippen LogP contribution in [0.15, 0.2) is 42.5 Å². The lowest BCUT2D eigenvalue weighted by atomic mass is 10.0. The molecule has 22 heavy (non-hydrogen) atoms. The van der Waals surface area contributed by atoms with Crippen LogP contribution in [-0.2, 0) is 4.74 Å². The highest BCUT2D eigenvalue weighted by atomic mass is 16.5. The van der Waals surface area contributed by atoms with E-state index in [1.54, 1.807) is 37.4 Å². The molecule has 5 nitrogen and oxygen atoms in total. The summed E-state index contributed by atoms with van der Waals surface area (Å²) in [4.78, 5) is 11.9. The zero-order valence-corrected chi connectivity index (χ0v) is 12.3. The molecular weight excluding hydrogens is 278 g/mol. The number of rotatable bonds is 5. The van der Waals surface area contributed by atoms with Crippen LogP contribution in [-0.4, -0.2) is 26.2 Å². The number of hydrogen-bond donors (Lipinski definition) is 2. The summed E-state index contributed by atoms with van der Waals surface area (Å²) in [5.74, 6) is -0.145. The molecule has 2 aromatic rings. The van der Waals surface area contributed by atoms with Crippen LogP contribution in [0.5, 0.6) is 0 Å². The van der Waals surface area contributed by atoms with Crippen LogP contribution < -0.4 is 11.1 Å². The van der Waals surface area contributed by atoms with Gasteiger partial charge in [-0.3, -0.25) is 4.79 Å². The van der Waals surface area contributed by atoms with Crippen molar-refractivity contribution in [1.82, 2.24) is 5.32 Å². The van der Waals surface area contributed by atoms with Crippen molar-refractivity contribution in [2.75, 3.05) is 26.0 Å². The molecule has 2 rings (SSSR count). The van der Waals surface area contributed by atoms with Crippen LogP contribution in [0, 0.1) is 11.3 Å². The molecule has 0 heterocycles. The van der Waals surface area contributed by atoms with Crippen molar-refractivity contribution in [3.05, 3.63) is 53.6 Å². The Kier molecular flexibility index (Phi) is 5.12. The molecule has 0 spiro atoms. The topological polar surface area (TPSA) is 88.1 Å². The van der Waals surface area contributed by atoms with Gasteiger partial charge in [0.2, 0.25) is 0 Å². The van der Waals surface area contributed by atoms with Crippen molar-refractivity contribution < 1.29 is 9.53 Å². The van der Waals surface area contributed by atoms with Gasteiger partial charge in [-0.05, 0) is 41.5 Å². The van der Waals surface area contributed by atoms with E-state index in [0.29, 0.717) is 30.0 Å². The van der Waals surface area contributed by atoms with E-state index in [0.717, 1.165) is 11.1 Å². The predicted octanol–water partition coefficient (Wildman–Crippen LogP) is 2.18. The molecule has 1 amide bonds. The third-order valence-corrected chi connectivity index (χ3v) is 3.16. The Balaban J connectivity index is 2.17. The van der Waals surface area contributed by atoms with Crippen molar-refractivity contribution in [3.8, 4) is 17.2 Å². The maximum absolute atomic E-state index is 11.9. The smallest absolute Gasteiger partial charge is 0.251 e. The molecule has 2 aromatic carbocycles. The summed E-state index contributed by atoms with van der Waals surface area (Å²) < 4.78 is 4.89. The van der Waals surface area contributed by atoms with Crippen LogP contribution in [0.1, 0.15) is 15.9 Å². The first-order chi connectivity index (χ1) is 10.6. The number of nitrogen functional groups attached to an aromatic ring is 1. The molecule has 0 aromatic heterocycles. The van der Waals surface area contributed by atoms with Gasteiger partial charge >= 0.3 is 0 Å². The van der Waals surface area contributed by atoms with E-state index < -0.39 is 0 Å². The highest BCUT2D eigenvalue weighted by Crippen LogP contribution is 2.23. The number of anilines is 1. The maximum atomic E-state index is 11.9. The van der Waals surface area contributed by atoms with Crippen LogP contribution >= 0.6 is 0 Å². The molecule has 0 saturated heterocycles. The lowest BCUT2D eigenvalue weighted by molar-refractivity contribution is 0.0937. The Hall–Kier alpha value is -2.84. The van der Waals surface area contributed by atoms with Gasteiger partial charge in [0, 0.05) is 24.9 Å². The molecule has 0 aliphatic carbocycles. The van der Waals surface area contributed by atoms with E-state index in [9.17, 15) is 4.79 Å². The largest absolute Gasteiger partial charge is 0.399 e. The normalized spacial score (nSPS) is 10.0. The number of nitriles is 1. The molecule has 0 aliphatic rings. The summed E-state index contributed by atoms with van der Waals surface area (Å²) in [6, 6.07) is 14.4. The SMILES string of the molecule is COCCNC(=O)c1ccc(-c2cc(N)cc(C#N)c2)cc1. The van der Waals surface area contributed by atoms with Gasteiger partial charge in [-0.1, -0.05) is 12.1 Å². The quantitative estimate of drug-likeness (QED) is 0.653. The number of carbonyl (C=O) groups is 1. The van der Waals surface area contributed by atoms with Crippen LogP contribution in [0.3, 0.4) is 0 Å². The minimum atomic E-state index is -0.145. The van der Waals surface area contributed by atoms with Crippen molar-refractivity contribution in [2.24, 2.45) is 0 Å². The summed E-state index contributed by atoms with van der Waals surface area (Å²) in [5, 5.41) is 11.7. The van der Waals surface area contributed by atoms with E-state index >= 15 is 0 Å². The maximum Gasteiger partial charge on any atom is 0.251 e. The van der Waals surface area contributed by atoms with Crippen molar-refractivity contribution in [2.45, 2.75) is 0 Å². The molecular formula is C17H17N3O2. The van der Waals surface area contributed by atoms with E-state index in [4.69, 9.17) is 15.7 Å². The van der Waals surface area contributed by atoms with E-state index in [2.05, 4.69) is 11.4 Å². The Morgan fingerprint density at radius 3 is 2.59 bits per heavy atom. The number of amides is 1. The van der Waals surface area contributed by atoms with Gasteiger partial charge in [0.25, 0.3) is 5.91 Å². The Morgan fingerprint density at radius 2 is 1.95 bits per heavy atom. The first kappa shape index (κ1) is 15.5.